The molecule has 6 nitrogen and oxygen atoms in total. The van der Waals surface area contributed by atoms with E-state index >= 15 is 0 Å². The van der Waals surface area contributed by atoms with Crippen molar-refractivity contribution >= 4 is 38.5 Å². The maximum atomic E-state index is 12.6. The fraction of sp³-hybridized carbons (Fsp3) is 0.250. The highest BCUT2D eigenvalue weighted by molar-refractivity contribution is 7.88. The topological polar surface area (TPSA) is 77.4 Å². The Labute approximate surface area is 181 Å². The number of hydrogen-bond acceptors (Lipinski definition) is 4. The van der Waals surface area contributed by atoms with Crippen LogP contribution < -0.4 is 9.50 Å². The lowest BCUT2D eigenvalue weighted by Crippen LogP contribution is -2.33. The second-order valence-electron chi connectivity index (χ2n) is 7.05. The molecule has 0 aliphatic carbocycles. The van der Waals surface area contributed by atoms with Crippen LogP contribution in [0, 0.1) is 0 Å². The summed E-state index contributed by atoms with van der Waals surface area (Å²) in [6.07, 6.45) is 0. The largest absolute Gasteiger partial charge is 0.534 e. The van der Waals surface area contributed by atoms with Gasteiger partial charge in [0.25, 0.3) is 0 Å². The van der Waals surface area contributed by atoms with Crippen LogP contribution in [0.4, 0.5) is 13.2 Å². The van der Waals surface area contributed by atoms with Gasteiger partial charge >= 0.3 is 15.6 Å². The zero-order chi connectivity index (χ0) is 23.0. The molecule has 0 atom stereocenters. The molecule has 0 radical (unpaired) electrons. The monoisotopic (exact) mass is 474 g/mol. The molecule has 1 aromatic heterocycles. The number of amides is 1. The summed E-state index contributed by atoms with van der Waals surface area (Å²) < 4.78 is 66.4. The van der Waals surface area contributed by atoms with Gasteiger partial charge in [-0.2, -0.15) is 21.6 Å². The molecular weight excluding hydrogens is 457 g/mol. The summed E-state index contributed by atoms with van der Waals surface area (Å²) in [6.45, 7) is 3.56. The Bertz CT molecular complexity index is 1240. The zero-order valence-electron chi connectivity index (χ0n) is 16.4. The average molecular weight is 475 g/mol. The highest BCUT2D eigenvalue weighted by Crippen LogP contribution is 2.33. The molecule has 0 aliphatic rings. The first-order valence-electron chi connectivity index (χ1n) is 9.07. The van der Waals surface area contributed by atoms with Crippen molar-refractivity contribution in [2.45, 2.75) is 31.9 Å². The van der Waals surface area contributed by atoms with Crippen LogP contribution >= 0.6 is 11.6 Å². The molecule has 0 saturated carbocycles. The lowest BCUT2D eigenvalue weighted by molar-refractivity contribution is -0.122. The van der Waals surface area contributed by atoms with E-state index in [0.29, 0.717) is 27.2 Å². The van der Waals surface area contributed by atoms with Gasteiger partial charge in [-0.15, -0.1) is 0 Å². The Balaban J connectivity index is 2.10. The Morgan fingerprint density at radius 3 is 2.48 bits per heavy atom. The average Bonchev–Trinajstić information content (AvgIpc) is 2.97. The van der Waals surface area contributed by atoms with E-state index in [1.165, 1.54) is 12.1 Å². The summed E-state index contributed by atoms with van der Waals surface area (Å²) >= 11 is 6.08. The Kier molecular flexibility index (Phi) is 6.24. The summed E-state index contributed by atoms with van der Waals surface area (Å²) in [5.74, 6) is -0.762. The van der Waals surface area contributed by atoms with Crippen molar-refractivity contribution in [1.29, 1.82) is 0 Å². The third-order valence-corrected chi connectivity index (χ3v) is 5.45. The smallest absolute Gasteiger partial charge is 0.376 e. The highest BCUT2D eigenvalue weighted by Gasteiger charge is 2.48. The minimum Gasteiger partial charge on any atom is -0.376 e. The van der Waals surface area contributed by atoms with Gasteiger partial charge in [0, 0.05) is 27.7 Å². The number of carbonyl (C=O) groups excluding carboxylic acids is 1. The second-order valence-corrected chi connectivity index (χ2v) is 9.03. The van der Waals surface area contributed by atoms with Gasteiger partial charge in [-0.1, -0.05) is 23.7 Å². The van der Waals surface area contributed by atoms with Gasteiger partial charge in [-0.25, -0.2) is 0 Å². The molecule has 166 valence electrons. The van der Waals surface area contributed by atoms with Crippen LogP contribution in [-0.2, 0) is 21.5 Å². The summed E-state index contributed by atoms with van der Waals surface area (Å²) in [5, 5.41) is 3.63. The number of aromatic nitrogens is 1. The van der Waals surface area contributed by atoms with Gasteiger partial charge in [0.15, 0.2) is 0 Å². The second kappa shape index (κ2) is 8.43. The number of nitrogens with zero attached hydrogens (tertiary/aromatic N) is 1. The Morgan fingerprint density at radius 1 is 1.16 bits per heavy atom. The van der Waals surface area contributed by atoms with E-state index in [1.807, 2.05) is 13.8 Å². The van der Waals surface area contributed by atoms with Crippen molar-refractivity contribution in [2.75, 3.05) is 0 Å². The standard InChI is InChI=1S/C20H18ClF3N2O4S/c1-12(2)25-19(27)11-26-17-7-6-16(30-31(28,29)20(22,23)24)9-14(17)10-18(26)13-4-3-5-15(21)8-13/h3-10,12H,11H2,1-2H3,(H,25,27). The summed E-state index contributed by atoms with van der Waals surface area (Å²) in [4.78, 5) is 12.4. The van der Waals surface area contributed by atoms with Gasteiger partial charge in [-0.05, 0) is 55.8 Å². The number of halogens is 4. The van der Waals surface area contributed by atoms with Crippen molar-refractivity contribution in [1.82, 2.24) is 9.88 Å². The number of benzene rings is 2. The first kappa shape index (κ1) is 23.0. The van der Waals surface area contributed by atoms with E-state index in [4.69, 9.17) is 11.6 Å². The normalized spacial score (nSPS) is 12.4. The fourth-order valence-corrected chi connectivity index (χ4v) is 3.69. The van der Waals surface area contributed by atoms with Gasteiger partial charge in [0.05, 0.1) is 0 Å². The number of hydrogen-bond donors (Lipinski definition) is 1. The minimum atomic E-state index is -5.80. The van der Waals surface area contributed by atoms with Crippen LogP contribution in [0.5, 0.6) is 5.75 Å². The molecule has 2 aromatic carbocycles. The SMILES string of the molecule is CC(C)NC(=O)Cn1c(-c2cccc(Cl)c2)cc2cc(OS(=O)(=O)C(F)(F)F)ccc21. The first-order valence-corrected chi connectivity index (χ1v) is 10.9. The molecule has 0 spiro atoms. The van der Waals surface area contributed by atoms with Crippen LogP contribution in [0.25, 0.3) is 22.2 Å². The van der Waals surface area contributed by atoms with Crippen molar-refractivity contribution in [3.63, 3.8) is 0 Å². The molecule has 31 heavy (non-hydrogen) atoms. The van der Waals surface area contributed by atoms with Gasteiger partial charge in [0.1, 0.15) is 12.3 Å². The third-order valence-electron chi connectivity index (χ3n) is 4.23. The minimum absolute atomic E-state index is 0.0649. The first-order chi connectivity index (χ1) is 14.4. The Morgan fingerprint density at radius 2 is 1.87 bits per heavy atom. The molecule has 0 fully saturated rings. The van der Waals surface area contributed by atoms with E-state index in [0.717, 1.165) is 6.07 Å². The van der Waals surface area contributed by atoms with E-state index in [1.54, 1.807) is 34.9 Å². The third kappa shape index (κ3) is 5.13. The van der Waals surface area contributed by atoms with Crippen molar-refractivity contribution in [3.8, 4) is 17.0 Å². The molecule has 0 saturated heterocycles. The summed E-state index contributed by atoms with van der Waals surface area (Å²) in [5.41, 5.74) is -3.79. The van der Waals surface area contributed by atoms with Crippen LogP contribution in [0.15, 0.2) is 48.5 Å². The van der Waals surface area contributed by atoms with Gasteiger partial charge < -0.3 is 14.1 Å². The van der Waals surface area contributed by atoms with E-state index < -0.39 is 21.4 Å². The lowest BCUT2D eigenvalue weighted by Gasteiger charge is -2.14. The zero-order valence-corrected chi connectivity index (χ0v) is 18.0. The molecule has 11 heteroatoms. The molecular formula is C20H18ClF3N2O4S. The van der Waals surface area contributed by atoms with Crippen LogP contribution in [0.1, 0.15) is 13.8 Å². The molecule has 3 aromatic rings. The van der Waals surface area contributed by atoms with E-state index in [-0.39, 0.29) is 18.5 Å². The quantitative estimate of drug-likeness (QED) is 0.414. The number of alkyl halides is 3. The van der Waals surface area contributed by atoms with Crippen LogP contribution in [0.3, 0.4) is 0 Å². The van der Waals surface area contributed by atoms with Crippen molar-refractivity contribution in [3.05, 3.63) is 53.6 Å². The highest BCUT2D eigenvalue weighted by atomic mass is 35.5. The van der Waals surface area contributed by atoms with E-state index in [9.17, 15) is 26.4 Å². The maximum Gasteiger partial charge on any atom is 0.534 e. The molecule has 1 N–H and O–H groups in total. The predicted molar refractivity (Wildman–Crippen MR) is 111 cm³/mol. The summed E-state index contributed by atoms with van der Waals surface area (Å²) in [7, 11) is -5.80. The molecule has 0 aliphatic heterocycles. The van der Waals surface area contributed by atoms with Crippen molar-refractivity contribution < 1.29 is 30.6 Å². The predicted octanol–water partition coefficient (Wildman–Crippen LogP) is 4.71. The summed E-state index contributed by atoms with van der Waals surface area (Å²) in [6, 6.07) is 12.0. The molecule has 1 amide bonds. The van der Waals surface area contributed by atoms with Gasteiger partial charge in [-0.3, -0.25) is 4.79 Å². The molecule has 3 rings (SSSR count). The maximum absolute atomic E-state index is 12.6. The van der Waals surface area contributed by atoms with Gasteiger partial charge in [0.2, 0.25) is 5.91 Å². The number of carbonyl (C=O) groups is 1. The number of rotatable bonds is 6. The van der Waals surface area contributed by atoms with Crippen molar-refractivity contribution in [2.24, 2.45) is 0 Å². The molecule has 0 unspecified atom stereocenters. The Hall–Kier alpha value is -2.72. The number of nitrogens with one attached hydrogen (secondary N) is 1. The number of fused-ring (bicyclic) bond motifs is 1. The lowest BCUT2D eigenvalue weighted by atomic mass is 10.1. The van der Waals surface area contributed by atoms with Crippen LogP contribution in [0.2, 0.25) is 5.02 Å². The molecule has 0 bridgehead atoms. The van der Waals surface area contributed by atoms with Crippen LogP contribution in [-0.4, -0.2) is 30.4 Å². The fourth-order valence-electron chi connectivity index (χ4n) is 3.04. The molecule has 1 heterocycles. The van der Waals surface area contributed by atoms with E-state index in [2.05, 4.69) is 9.50 Å².